The van der Waals surface area contributed by atoms with E-state index in [9.17, 15) is 14.5 Å². The molecule has 1 aromatic carbocycles. The van der Waals surface area contributed by atoms with Crippen molar-refractivity contribution in [2.24, 2.45) is 0 Å². The fourth-order valence-corrected chi connectivity index (χ4v) is 4.14. The quantitative estimate of drug-likeness (QED) is 0.511. The van der Waals surface area contributed by atoms with E-state index in [4.69, 9.17) is 0 Å². The smallest absolute Gasteiger partial charge is 0.332 e. The van der Waals surface area contributed by atoms with Gasteiger partial charge in [0.15, 0.2) is 0 Å². The first-order chi connectivity index (χ1) is 13.4. The summed E-state index contributed by atoms with van der Waals surface area (Å²) in [5, 5.41) is 17.7. The first-order valence-electron chi connectivity index (χ1n) is 9.39. The molecular formula is C19H27FN6O2S2. The van der Waals surface area contributed by atoms with E-state index >= 15 is 0 Å². The molecule has 0 unspecified atom stereocenters. The van der Waals surface area contributed by atoms with Crippen molar-refractivity contribution in [1.82, 2.24) is 20.2 Å². The highest BCUT2D eigenvalue weighted by molar-refractivity contribution is 7.59. The van der Waals surface area contributed by atoms with Crippen LogP contribution in [0.2, 0.25) is 0 Å². The Morgan fingerprint density at radius 3 is 2.70 bits per heavy atom. The fraction of sp³-hybridized carbons (Fsp3) is 0.474. The summed E-state index contributed by atoms with van der Waals surface area (Å²) in [6, 6.07) is 6.32. The van der Waals surface area contributed by atoms with E-state index in [1.807, 2.05) is 6.07 Å². The third-order valence-corrected chi connectivity index (χ3v) is 5.47. The van der Waals surface area contributed by atoms with Crippen LogP contribution in [-0.2, 0) is 13.1 Å². The number of anilines is 1. The van der Waals surface area contributed by atoms with Crippen LogP contribution < -0.4 is 10.6 Å². The van der Waals surface area contributed by atoms with E-state index < -0.39 is 4.92 Å². The molecule has 2 N–H and O–H groups in total. The summed E-state index contributed by atoms with van der Waals surface area (Å²) < 4.78 is 14.6. The molecule has 0 amide bonds. The number of rotatable bonds is 6. The fourth-order valence-electron chi connectivity index (χ4n) is 4.14. The van der Waals surface area contributed by atoms with Gasteiger partial charge in [-0.05, 0) is 31.9 Å². The monoisotopic (exact) mass is 454 g/mol. The molecule has 3 heterocycles. The minimum Gasteiger partial charge on any atom is -0.360 e. The summed E-state index contributed by atoms with van der Waals surface area (Å²) in [4.78, 5) is 21.3. The molecule has 0 saturated carbocycles. The average molecular weight is 455 g/mol. The highest BCUT2D eigenvalue weighted by Gasteiger charge is 2.37. The van der Waals surface area contributed by atoms with E-state index in [0.717, 1.165) is 25.2 Å². The lowest BCUT2D eigenvalue weighted by atomic mass is 10.1. The van der Waals surface area contributed by atoms with Crippen molar-refractivity contribution in [3.05, 3.63) is 56.8 Å². The molecule has 2 atom stereocenters. The molecule has 2 fully saturated rings. The lowest BCUT2D eigenvalue weighted by Gasteiger charge is -2.27. The Morgan fingerprint density at radius 1 is 1.33 bits per heavy atom. The van der Waals surface area contributed by atoms with Crippen LogP contribution in [0, 0.1) is 29.8 Å². The average Bonchev–Trinajstić information content (AvgIpc) is 3.23. The highest BCUT2D eigenvalue weighted by atomic mass is 32.1. The van der Waals surface area contributed by atoms with Gasteiger partial charge in [-0.1, -0.05) is 12.1 Å². The molecule has 2 saturated heterocycles. The van der Waals surface area contributed by atoms with Gasteiger partial charge in [0.05, 0.1) is 4.92 Å². The summed E-state index contributed by atoms with van der Waals surface area (Å²) in [6.07, 6.45) is 1.17. The van der Waals surface area contributed by atoms with Gasteiger partial charge in [0.1, 0.15) is 17.3 Å². The van der Waals surface area contributed by atoms with E-state index in [-0.39, 0.29) is 56.6 Å². The van der Waals surface area contributed by atoms with Crippen molar-refractivity contribution in [3.63, 3.8) is 0 Å². The number of hydrogen-bond donors (Lipinski definition) is 2. The maximum atomic E-state index is 14.6. The van der Waals surface area contributed by atoms with Crippen LogP contribution in [-0.4, -0.2) is 45.0 Å². The molecule has 4 rings (SSSR count). The van der Waals surface area contributed by atoms with Gasteiger partial charge >= 0.3 is 5.69 Å². The molecule has 0 spiro atoms. The number of fused-ring (bicyclic) bond motifs is 2. The zero-order valence-corrected chi connectivity index (χ0v) is 18.9. The van der Waals surface area contributed by atoms with Crippen LogP contribution in [0.3, 0.4) is 0 Å². The van der Waals surface area contributed by atoms with Crippen molar-refractivity contribution < 1.29 is 9.31 Å². The molecule has 0 radical (unpaired) electrons. The third-order valence-electron chi connectivity index (χ3n) is 5.47. The van der Waals surface area contributed by atoms with Crippen LogP contribution in [0.1, 0.15) is 29.1 Å². The number of piperazine rings is 1. The zero-order valence-electron chi connectivity index (χ0n) is 16.9. The van der Waals surface area contributed by atoms with Gasteiger partial charge < -0.3 is 10.6 Å². The van der Waals surface area contributed by atoms with Gasteiger partial charge in [0.25, 0.3) is 0 Å². The van der Waals surface area contributed by atoms with Gasteiger partial charge in [-0.3, -0.25) is 15.0 Å². The van der Waals surface area contributed by atoms with E-state index in [0.29, 0.717) is 23.5 Å². The first-order valence-corrected chi connectivity index (χ1v) is 9.39. The molecule has 1 aromatic heterocycles. The van der Waals surface area contributed by atoms with E-state index in [1.54, 1.807) is 26.0 Å². The van der Waals surface area contributed by atoms with Crippen molar-refractivity contribution in [2.75, 3.05) is 18.4 Å². The number of benzene rings is 1. The molecule has 11 heteroatoms. The molecule has 2 aromatic rings. The number of halogens is 1. The van der Waals surface area contributed by atoms with E-state index in [1.165, 1.54) is 6.42 Å². The van der Waals surface area contributed by atoms with Gasteiger partial charge in [-0.2, -0.15) is 27.0 Å². The molecule has 0 aliphatic carbocycles. The normalized spacial score (nSPS) is 19.8. The third kappa shape index (κ3) is 5.02. The van der Waals surface area contributed by atoms with Crippen molar-refractivity contribution in [1.29, 1.82) is 0 Å². The Balaban J connectivity index is 0.00000160. The van der Waals surface area contributed by atoms with Crippen LogP contribution in [0.15, 0.2) is 18.2 Å². The highest BCUT2D eigenvalue weighted by Crippen LogP contribution is 2.27. The summed E-state index contributed by atoms with van der Waals surface area (Å²) in [6.45, 7) is 6.09. The predicted molar refractivity (Wildman–Crippen MR) is 123 cm³/mol. The lowest BCUT2D eigenvalue weighted by Crippen LogP contribution is -2.42. The summed E-state index contributed by atoms with van der Waals surface area (Å²) >= 11 is 0. The molecule has 164 valence electrons. The minimum atomic E-state index is -0.519. The topological polar surface area (TPSA) is 96.2 Å². The Labute approximate surface area is 188 Å². The molecular weight excluding hydrogens is 427 g/mol. The summed E-state index contributed by atoms with van der Waals surface area (Å²) in [7, 11) is 0. The minimum absolute atomic E-state index is 0. The number of likely N-dealkylation sites (tertiary alicyclic amines) is 1. The number of aromatic nitrogens is 2. The standard InChI is InChI=1S/C19H23FN6O2.2H2S/c1-11-18(26(27)28)19(24-12(2)23-11)22-7-14-4-3-13(5-17(14)20)9-25-10-15-6-16(25)8-21-15;;/h3-5,15-16,21H,6-10H2,1-2H3,(H,22,23,24);2*1H2/t15-,16-;;/m0../s1. The van der Waals surface area contributed by atoms with Crippen LogP contribution in [0.4, 0.5) is 15.9 Å². The first kappa shape index (κ1) is 24.3. The molecule has 30 heavy (non-hydrogen) atoms. The van der Waals surface area contributed by atoms with Gasteiger partial charge in [0, 0.05) is 43.8 Å². The van der Waals surface area contributed by atoms with Gasteiger partial charge in [-0.25, -0.2) is 14.4 Å². The molecule has 8 nitrogen and oxygen atoms in total. The maximum Gasteiger partial charge on any atom is 0.332 e. The Morgan fingerprint density at radius 2 is 2.10 bits per heavy atom. The summed E-state index contributed by atoms with van der Waals surface area (Å²) in [5.41, 5.74) is 1.48. The number of nitrogens with one attached hydrogen (secondary N) is 2. The van der Waals surface area contributed by atoms with Crippen LogP contribution >= 0.6 is 27.0 Å². The SMILES string of the molecule is Cc1nc(C)c([N+](=O)[O-])c(NCc2ccc(CN3C[C@@H]4C[C@H]3CN4)cc2F)n1.S.S. The second kappa shape index (κ2) is 9.90. The van der Waals surface area contributed by atoms with Crippen molar-refractivity contribution in [3.8, 4) is 0 Å². The Kier molecular flexibility index (Phi) is 8.03. The Hall–Kier alpha value is -1.95. The lowest BCUT2D eigenvalue weighted by molar-refractivity contribution is -0.385. The second-order valence-corrected chi connectivity index (χ2v) is 7.51. The number of hydrogen-bond acceptors (Lipinski definition) is 7. The van der Waals surface area contributed by atoms with Gasteiger partial charge in [-0.15, -0.1) is 0 Å². The number of nitro groups is 1. The Bertz CT molecular complexity index is 932. The van der Waals surface area contributed by atoms with Crippen LogP contribution in [0.5, 0.6) is 0 Å². The molecule has 2 aliphatic heterocycles. The largest absolute Gasteiger partial charge is 0.360 e. The maximum absolute atomic E-state index is 14.6. The summed E-state index contributed by atoms with van der Waals surface area (Å²) in [5.74, 6) is 0.215. The van der Waals surface area contributed by atoms with Crippen LogP contribution in [0.25, 0.3) is 0 Å². The number of nitrogens with zero attached hydrogens (tertiary/aromatic N) is 4. The van der Waals surface area contributed by atoms with Crippen molar-refractivity contribution >= 4 is 38.5 Å². The second-order valence-electron chi connectivity index (χ2n) is 7.51. The number of aryl methyl sites for hydroxylation is 2. The predicted octanol–water partition coefficient (Wildman–Crippen LogP) is 2.52. The van der Waals surface area contributed by atoms with Crippen molar-refractivity contribution in [2.45, 2.75) is 45.4 Å². The molecule has 2 bridgehead atoms. The van der Waals surface area contributed by atoms with Gasteiger partial charge in [0.2, 0.25) is 5.82 Å². The van der Waals surface area contributed by atoms with E-state index in [2.05, 4.69) is 25.5 Å². The molecule has 2 aliphatic rings. The zero-order chi connectivity index (χ0) is 19.8.